The number of nitrogens with zero attached hydrogens (tertiary/aromatic N) is 4. The first-order valence-corrected chi connectivity index (χ1v) is 7.10. The molecule has 0 unspecified atom stereocenters. The fourth-order valence-electron chi connectivity index (χ4n) is 2.62. The molecule has 4 rings (SSSR count). The van der Waals surface area contributed by atoms with Crippen LogP contribution < -0.4 is 11.0 Å². The molecule has 1 N–H and O–H groups in total. The van der Waals surface area contributed by atoms with Crippen molar-refractivity contribution in [1.29, 1.82) is 0 Å². The van der Waals surface area contributed by atoms with E-state index < -0.39 is 0 Å². The zero-order valence-corrected chi connectivity index (χ0v) is 11.8. The van der Waals surface area contributed by atoms with E-state index in [0.717, 1.165) is 29.9 Å². The predicted molar refractivity (Wildman–Crippen MR) is 81.2 cm³/mol. The quantitative estimate of drug-likeness (QED) is 0.747. The van der Waals surface area contributed by atoms with Crippen LogP contribution in [0.1, 0.15) is 6.42 Å². The van der Waals surface area contributed by atoms with Crippen LogP contribution in [-0.4, -0.2) is 25.9 Å². The first-order valence-electron chi connectivity index (χ1n) is 6.72. The van der Waals surface area contributed by atoms with Gasteiger partial charge >= 0.3 is 5.69 Å². The first kappa shape index (κ1) is 12.4. The van der Waals surface area contributed by atoms with Crippen molar-refractivity contribution in [3.8, 4) is 5.69 Å². The van der Waals surface area contributed by atoms with Crippen LogP contribution >= 0.6 is 11.6 Å². The molecule has 7 heteroatoms. The maximum Gasteiger partial charge on any atom is 0.351 e. The highest BCUT2D eigenvalue weighted by Crippen LogP contribution is 2.24. The van der Waals surface area contributed by atoms with Crippen LogP contribution in [-0.2, 0) is 6.54 Å². The third kappa shape index (κ3) is 1.91. The normalized spacial score (nSPS) is 14.0. The van der Waals surface area contributed by atoms with Crippen molar-refractivity contribution in [2.45, 2.75) is 13.0 Å². The van der Waals surface area contributed by atoms with E-state index in [1.165, 1.54) is 0 Å². The van der Waals surface area contributed by atoms with Crippen LogP contribution in [0.25, 0.3) is 16.7 Å². The zero-order valence-electron chi connectivity index (χ0n) is 11.1. The van der Waals surface area contributed by atoms with Gasteiger partial charge in [0.05, 0.1) is 17.3 Å². The summed E-state index contributed by atoms with van der Waals surface area (Å²) in [6.07, 6.45) is 2.66. The lowest BCUT2D eigenvalue weighted by atomic mass is 10.3. The molecule has 6 nitrogen and oxygen atoms in total. The Kier molecular flexibility index (Phi) is 2.71. The van der Waals surface area contributed by atoms with E-state index in [1.807, 2.05) is 12.1 Å². The second kappa shape index (κ2) is 4.60. The summed E-state index contributed by atoms with van der Waals surface area (Å²) in [6.45, 7) is 1.54. The summed E-state index contributed by atoms with van der Waals surface area (Å²) in [5.74, 6) is 0.802. The van der Waals surface area contributed by atoms with Crippen LogP contribution in [0.3, 0.4) is 0 Å². The van der Waals surface area contributed by atoms with Crippen molar-refractivity contribution < 1.29 is 0 Å². The molecule has 21 heavy (non-hydrogen) atoms. The summed E-state index contributed by atoms with van der Waals surface area (Å²) < 4.78 is 3.32. The SMILES string of the molecule is O=c1nc2c(cnn2-c2ccc(Cl)cc2)c2n1CCCN2. The topological polar surface area (TPSA) is 64.7 Å². The molecule has 0 amide bonds. The number of hydrogen-bond donors (Lipinski definition) is 1. The molecular formula is C14H12ClN5O. The second-order valence-electron chi connectivity index (χ2n) is 4.95. The molecule has 0 fully saturated rings. The summed E-state index contributed by atoms with van der Waals surface area (Å²) in [4.78, 5) is 16.3. The highest BCUT2D eigenvalue weighted by Gasteiger charge is 2.18. The molecule has 0 radical (unpaired) electrons. The lowest BCUT2D eigenvalue weighted by molar-refractivity contribution is 0.599. The van der Waals surface area contributed by atoms with Crippen molar-refractivity contribution in [3.63, 3.8) is 0 Å². The van der Waals surface area contributed by atoms with Gasteiger partial charge in [0.15, 0.2) is 5.65 Å². The number of nitrogens with one attached hydrogen (secondary N) is 1. The van der Waals surface area contributed by atoms with Crippen LogP contribution in [0.2, 0.25) is 5.02 Å². The van der Waals surface area contributed by atoms with Crippen LogP contribution in [0.4, 0.5) is 5.82 Å². The summed E-state index contributed by atoms with van der Waals surface area (Å²) in [7, 11) is 0. The molecule has 0 bridgehead atoms. The number of halogens is 1. The fourth-order valence-corrected chi connectivity index (χ4v) is 2.75. The van der Waals surface area contributed by atoms with Crippen LogP contribution in [0.15, 0.2) is 35.3 Å². The van der Waals surface area contributed by atoms with Crippen molar-refractivity contribution in [1.82, 2.24) is 19.3 Å². The van der Waals surface area contributed by atoms with E-state index in [4.69, 9.17) is 11.6 Å². The maximum atomic E-state index is 12.2. The molecule has 3 heterocycles. The van der Waals surface area contributed by atoms with Crippen molar-refractivity contribution in [2.75, 3.05) is 11.9 Å². The minimum Gasteiger partial charge on any atom is -0.371 e. The van der Waals surface area contributed by atoms with Gasteiger partial charge in [-0.05, 0) is 30.7 Å². The van der Waals surface area contributed by atoms with Gasteiger partial charge in [0, 0.05) is 18.1 Å². The van der Waals surface area contributed by atoms with E-state index >= 15 is 0 Å². The molecule has 106 valence electrons. The molecular weight excluding hydrogens is 290 g/mol. The molecule has 0 saturated carbocycles. The molecule has 0 atom stereocenters. The molecule has 3 aromatic rings. The highest BCUT2D eigenvalue weighted by atomic mass is 35.5. The molecule has 0 spiro atoms. The van der Waals surface area contributed by atoms with Crippen LogP contribution in [0.5, 0.6) is 0 Å². The van der Waals surface area contributed by atoms with E-state index in [0.29, 0.717) is 17.2 Å². The predicted octanol–water partition coefficient (Wildman–Crippen LogP) is 2.05. The lowest BCUT2D eigenvalue weighted by Gasteiger charge is -2.19. The molecule has 0 saturated heterocycles. The van der Waals surface area contributed by atoms with Crippen molar-refractivity contribution >= 4 is 28.5 Å². The minimum absolute atomic E-state index is 0.250. The van der Waals surface area contributed by atoms with Crippen molar-refractivity contribution in [2.24, 2.45) is 0 Å². The number of hydrogen-bond acceptors (Lipinski definition) is 4. The van der Waals surface area contributed by atoms with Gasteiger partial charge in [-0.2, -0.15) is 10.1 Å². The largest absolute Gasteiger partial charge is 0.371 e. The standard InChI is InChI=1S/C14H12ClN5O/c15-9-2-4-10(5-3-9)20-13-11(8-17-20)12-16-6-1-7-19(12)14(21)18-13/h2-5,8,16H,1,6-7H2. The lowest BCUT2D eigenvalue weighted by Crippen LogP contribution is -2.31. The highest BCUT2D eigenvalue weighted by molar-refractivity contribution is 6.30. The monoisotopic (exact) mass is 301 g/mol. The van der Waals surface area contributed by atoms with E-state index in [2.05, 4.69) is 15.4 Å². The Morgan fingerprint density at radius 3 is 2.86 bits per heavy atom. The summed E-state index contributed by atoms with van der Waals surface area (Å²) in [6, 6.07) is 7.27. The third-order valence-electron chi connectivity index (χ3n) is 3.62. The smallest absolute Gasteiger partial charge is 0.351 e. The Labute approximate surface area is 125 Å². The third-order valence-corrected chi connectivity index (χ3v) is 3.88. The Morgan fingerprint density at radius 1 is 1.24 bits per heavy atom. The van der Waals surface area contributed by atoms with Gasteiger partial charge in [-0.1, -0.05) is 11.6 Å². The minimum atomic E-state index is -0.250. The summed E-state index contributed by atoms with van der Waals surface area (Å²) in [5, 5.41) is 9.14. The Hall–Kier alpha value is -2.34. The molecule has 1 aromatic carbocycles. The zero-order chi connectivity index (χ0) is 14.4. The van der Waals surface area contributed by atoms with E-state index in [9.17, 15) is 4.79 Å². The molecule has 0 aliphatic carbocycles. The number of aromatic nitrogens is 4. The summed E-state index contributed by atoms with van der Waals surface area (Å²) >= 11 is 5.90. The number of benzene rings is 1. The van der Waals surface area contributed by atoms with Gasteiger partial charge in [-0.25, -0.2) is 9.48 Å². The summed E-state index contributed by atoms with van der Waals surface area (Å²) in [5.41, 5.74) is 1.13. The maximum absolute atomic E-state index is 12.2. The first-order chi connectivity index (χ1) is 10.2. The van der Waals surface area contributed by atoms with Crippen molar-refractivity contribution in [3.05, 3.63) is 46.0 Å². The van der Waals surface area contributed by atoms with E-state index in [-0.39, 0.29) is 5.69 Å². The number of rotatable bonds is 1. The average molecular weight is 302 g/mol. The van der Waals surface area contributed by atoms with Gasteiger partial charge in [0.1, 0.15) is 5.82 Å². The van der Waals surface area contributed by atoms with Crippen LogP contribution in [0, 0.1) is 0 Å². The van der Waals surface area contributed by atoms with Gasteiger partial charge < -0.3 is 5.32 Å². The molecule has 1 aliphatic heterocycles. The second-order valence-corrected chi connectivity index (χ2v) is 5.38. The van der Waals surface area contributed by atoms with E-state index in [1.54, 1.807) is 27.6 Å². The number of anilines is 1. The molecule has 1 aliphatic rings. The fraction of sp³-hybridized carbons (Fsp3) is 0.214. The Morgan fingerprint density at radius 2 is 2.05 bits per heavy atom. The number of fused-ring (bicyclic) bond motifs is 3. The van der Waals surface area contributed by atoms with Gasteiger partial charge in [0.2, 0.25) is 0 Å². The van der Waals surface area contributed by atoms with Gasteiger partial charge in [0.25, 0.3) is 0 Å². The molecule has 2 aromatic heterocycles. The average Bonchev–Trinajstić information content (AvgIpc) is 2.92. The Balaban J connectivity index is 1.98. The Bertz CT molecular complexity index is 881. The van der Waals surface area contributed by atoms with Gasteiger partial charge in [-0.15, -0.1) is 0 Å². The van der Waals surface area contributed by atoms with Gasteiger partial charge in [-0.3, -0.25) is 4.57 Å².